The fraction of sp³-hybridized carbons (Fsp3) is 0.632. The summed E-state index contributed by atoms with van der Waals surface area (Å²) in [5.74, 6) is 0.0939. The molecule has 1 heterocycles. The summed E-state index contributed by atoms with van der Waals surface area (Å²) in [5.41, 5.74) is 2.59. The maximum Gasteiger partial charge on any atom is 0.221 e. The van der Waals surface area contributed by atoms with Crippen molar-refractivity contribution < 1.29 is 9.90 Å². The van der Waals surface area contributed by atoms with Crippen LogP contribution in [0.5, 0.6) is 0 Å². The third-order valence-corrected chi connectivity index (χ3v) is 4.73. The number of amides is 1. The van der Waals surface area contributed by atoms with Gasteiger partial charge in [0, 0.05) is 57.5 Å². The van der Waals surface area contributed by atoms with Crippen LogP contribution >= 0.6 is 0 Å². The van der Waals surface area contributed by atoms with Crippen molar-refractivity contribution in [2.75, 3.05) is 44.2 Å². The number of nitrogens with one attached hydrogen (secondary N) is 1. The van der Waals surface area contributed by atoms with Gasteiger partial charge in [-0.2, -0.15) is 0 Å². The molecule has 2 rings (SSSR count). The van der Waals surface area contributed by atoms with Crippen LogP contribution in [0.3, 0.4) is 0 Å². The molecule has 1 fully saturated rings. The topological polar surface area (TPSA) is 55.8 Å². The van der Waals surface area contributed by atoms with Crippen LogP contribution in [-0.4, -0.2) is 61.3 Å². The molecular weight excluding hydrogens is 302 g/mol. The van der Waals surface area contributed by atoms with E-state index in [0.717, 1.165) is 39.1 Å². The monoisotopic (exact) mass is 333 g/mol. The average molecular weight is 333 g/mol. The Kier molecular flexibility index (Phi) is 7.53. The minimum absolute atomic E-state index is 0.0939. The lowest BCUT2D eigenvalue weighted by molar-refractivity contribution is -0.122. The highest BCUT2D eigenvalue weighted by molar-refractivity contribution is 5.76. The minimum Gasteiger partial charge on any atom is -0.396 e. The molecule has 2 N–H and O–H groups in total. The van der Waals surface area contributed by atoms with Crippen LogP contribution in [-0.2, 0) is 4.79 Å². The van der Waals surface area contributed by atoms with Gasteiger partial charge in [0.2, 0.25) is 5.91 Å². The molecule has 0 aliphatic carbocycles. The van der Waals surface area contributed by atoms with E-state index in [4.69, 9.17) is 5.11 Å². The van der Waals surface area contributed by atoms with Gasteiger partial charge < -0.3 is 15.3 Å². The summed E-state index contributed by atoms with van der Waals surface area (Å²) >= 11 is 0. The number of aryl methyl sites for hydroxylation is 1. The van der Waals surface area contributed by atoms with Crippen LogP contribution < -0.4 is 10.2 Å². The summed E-state index contributed by atoms with van der Waals surface area (Å²) in [4.78, 5) is 16.8. The Morgan fingerprint density at radius 1 is 1.29 bits per heavy atom. The third-order valence-electron chi connectivity index (χ3n) is 4.73. The Morgan fingerprint density at radius 3 is 2.67 bits per heavy atom. The van der Waals surface area contributed by atoms with E-state index in [0.29, 0.717) is 12.8 Å². The van der Waals surface area contributed by atoms with Crippen LogP contribution in [0.15, 0.2) is 24.3 Å². The number of hydrogen-bond donors (Lipinski definition) is 2. The van der Waals surface area contributed by atoms with E-state index >= 15 is 0 Å². The fourth-order valence-corrected chi connectivity index (χ4v) is 3.15. The van der Waals surface area contributed by atoms with Crippen LogP contribution in [0.4, 0.5) is 5.69 Å². The average Bonchev–Trinajstić information content (AvgIpc) is 2.60. The van der Waals surface area contributed by atoms with Gasteiger partial charge >= 0.3 is 0 Å². The first-order valence-electron chi connectivity index (χ1n) is 9.06. The predicted octanol–water partition coefficient (Wildman–Crippen LogP) is 1.78. The van der Waals surface area contributed by atoms with Crippen LogP contribution in [0.25, 0.3) is 0 Å². The third kappa shape index (κ3) is 5.80. The van der Waals surface area contributed by atoms with E-state index in [-0.39, 0.29) is 18.6 Å². The number of nitrogens with zero attached hydrogens (tertiary/aromatic N) is 2. The lowest BCUT2D eigenvalue weighted by Gasteiger charge is -2.36. The van der Waals surface area contributed by atoms with Gasteiger partial charge in [-0.15, -0.1) is 0 Å². The molecule has 1 aliphatic rings. The molecule has 1 amide bonds. The molecule has 5 heteroatoms. The number of piperazine rings is 1. The number of aliphatic hydroxyl groups excluding tert-OH is 1. The van der Waals surface area contributed by atoms with Crippen LogP contribution in [0.1, 0.15) is 31.7 Å². The molecule has 134 valence electrons. The Bertz CT molecular complexity index is 513. The van der Waals surface area contributed by atoms with Gasteiger partial charge in [0.05, 0.1) is 0 Å². The molecular formula is C19H31N3O2. The SMILES string of the molecule is CCC(CCO)NC(=O)CCN1CCN(c2cccc(C)c2)CC1. The summed E-state index contributed by atoms with van der Waals surface area (Å²) in [6, 6.07) is 8.73. The highest BCUT2D eigenvalue weighted by Crippen LogP contribution is 2.17. The number of benzene rings is 1. The van der Waals surface area contributed by atoms with Crippen LogP contribution in [0.2, 0.25) is 0 Å². The highest BCUT2D eigenvalue weighted by Gasteiger charge is 2.18. The Hall–Kier alpha value is -1.59. The minimum atomic E-state index is 0.0939. The first-order valence-corrected chi connectivity index (χ1v) is 9.06. The summed E-state index contributed by atoms with van der Waals surface area (Å²) in [6.07, 6.45) is 2.03. The van der Waals surface area contributed by atoms with E-state index in [1.54, 1.807) is 0 Å². The zero-order valence-corrected chi connectivity index (χ0v) is 15.0. The maximum absolute atomic E-state index is 12.0. The summed E-state index contributed by atoms with van der Waals surface area (Å²) < 4.78 is 0. The standard InChI is InChI=1S/C19H31N3O2/c1-3-17(8-14-23)20-19(24)7-9-21-10-12-22(13-11-21)18-6-4-5-16(2)15-18/h4-6,15,17,23H,3,7-14H2,1-2H3,(H,20,24). The van der Waals surface area contributed by atoms with E-state index in [1.807, 2.05) is 6.92 Å². The molecule has 0 aromatic heterocycles. The van der Waals surface area contributed by atoms with Crippen molar-refractivity contribution in [2.24, 2.45) is 0 Å². The van der Waals surface area contributed by atoms with Crippen molar-refractivity contribution in [3.8, 4) is 0 Å². The molecule has 1 unspecified atom stereocenters. The van der Waals surface area contributed by atoms with Crippen LogP contribution in [0, 0.1) is 6.92 Å². The number of anilines is 1. The lowest BCUT2D eigenvalue weighted by atomic mass is 10.1. The first kappa shape index (κ1) is 18.7. The Balaban J connectivity index is 1.70. The number of hydrogen-bond acceptors (Lipinski definition) is 4. The van der Waals surface area contributed by atoms with Crippen molar-refractivity contribution in [3.63, 3.8) is 0 Å². The van der Waals surface area contributed by atoms with E-state index < -0.39 is 0 Å². The molecule has 0 bridgehead atoms. The van der Waals surface area contributed by atoms with Gasteiger partial charge in [0.25, 0.3) is 0 Å². The molecule has 1 aromatic rings. The fourth-order valence-electron chi connectivity index (χ4n) is 3.15. The van der Waals surface area contributed by atoms with E-state index in [9.17, 15) is 4.79 Å². The quantitative estimate of drug-likeness (QED) is 0.761. The zero-order chi connectivity index (χ0) is 17.4. The van der Waals surface area contributed by atoms with Gasteiger partial charge in [-0.3, -0.25) is 9.69 Å². The smallest absolute Gasteiger partial charge is 0.221 e. The molecule has 24 heavy (non-hydrogen) atoms. The lowest BCUT2D eigenvalue weighted by Crippen LogP contribution is -2.47. The van der Waals surface area contributed by atoms with Gasteiger partial charge in [-0.1, -0.05) is 19.1 Å². The molecule has 0 spiro atoms. The van der Waals surface area contributed by atoms with Crippen molar-refractivity contribution in [1.29, 1.82) is 0 Å². The number of aliphatic hydroxyl groups is 1. The van der Waals surface area contributed by atoms with E-state index in [2.05, 4.69) is 46.3 Å². The van der Waals surface area contributed by atoms with E-state index in [1.165, 1.54) is 11.3 Å². The molecule has 5 nitrogen and oxygen atoms in total. The van der Waals surface area contributed by atoms with Crippen molar-refractivity contribution in [1.82, 2.24) is 10.2 Å². The summed E-state index contributed by atoms with van der Waals surface area (Å²) in [5, 5.41) is 12.0. The predicted molar refractivity (Wildman–Crippen MR) is 98.4 cm³/mol. The molecule has 1 aliphatic heterocycles. The molecule has 1 saturated heterocycles. The number of carbonyl (C=O) groups excluding carboxylic acids is 1. The number of rotatable bonds is 8. The zero-order valence-electron chi connectivity index (χ0n) is 15.0. The molecule has 1 aromatic carbocycles. The molecule has 0 saturated carbocycles. The highest BCUT2D eigenvalue weighted by atomic mass is 16.3. The summed E-state index contributed by atoms with van der Waals surface area (Å²) in [7, 11) is 0. The van der Waals surface area contributed by atoms with Crippen molar-refractivity contribution in [2.45, 2.75) is 39.2 Å². The van der Waals surface area contributed by atoms with Gasteiger partial charge in [0.1, 0.15) is 0 Å². The van der Waals surface area contributed by atoms with Crippen molar-refractivity contribution in [3.05, 3.63) is 29.8 Å². The summed E-state index contributed by atoms with van der Waals surface area (Å²) in [6.45, 7) is 9.09. The van der Waals surface area contributed by atoms with Gasteiger partial charge in [0.15, 0.2) is 0 Å². The van der Waals surface area contributed by atoms with Crippen molar-refractivity contribution >= 4 is 11.6 Å². The second-order valence-electron chi connectivity index (χ2n) is 6.60. The Labute approximate surface area is 145 Å². The number of carbonyl (C=O) groups is 1. The van der Waals surface area contributed by atoms with Gasteiger partial charge in [-0.05, 0) is 37.5 Å². The largest absolute Gasteiger partial charge is 0.396 e. The first-order chi connectivity index (χ1) is 11.6. The maximum atomic E-state index is 12.0. The second kappa shape index (κ2) is 9.64. The normalized spacial score (nSPS) is 16.9. The molecule has 1 atom stereocenters. The molecule has 0 radical (unpaired) electrons. The Morgan fingerprint density at radius 2 is 2.04 bits per heavy atom. The van der Waals surface area contributed by atoms with Gasteiger partial charge in [-0.25, -0.2) is 0 Å². The second-order valence-corrected chi connectivity index (χ2v) is 6.60.